The number of likely N-dealkylation sites (tertiary alicyclic amines) is 1. The summed E-state index contributed by atoms with van der Waals surface area (Å²) >= 11 is 6.03. The van der Waals surface area contributed by atoms with E-state index in [4.69, 9.17) is 11.6 Å². The quantitative estimate of drug-likeness (QED) is 0.612. The summed E-state index contributed by atoms with van der Waals surface area (Å²) in [6, 6.07) is 15.9. The van der Waals surface area contributed by atoms with Crippen molar-refractivity contribution in [1.82, 2.24) is 14.5 Å². The maximum atomic E-state index is 13.4. The molecule has 4 rings (SSSR count). The topological polar surface area (TPSA) is 38.1 Å². The lowest BCUT2D eigenvalue weighted by Crippen LogP contribution is -2.30. The van der Waals surface area contributed by atoms with E-state index < -0.39 is 0 Å². The van der Waals surface area contributed by atoms with Crippen LogP contribution in [0.15, 0.2) is 54.7 Å². The first-order chi connectivity index (χ1) is 13.5. The molecule has 1 aliphatic rings. The molecule has 0 saturated carbocycles. The second-order valence-electron chi connectivity index (χ2n) is 7.40. The summed E-state index contributed by atoms with van der Waals surface area (Å²) in [4.78, 5) is 19.8. The number of hydrogen-bond acceptors (Lipinski definition) is 2. The Morgan fingerprint density at radius 2 is 1.96 bits per heavy atom. The molecule has 1 amide bonds. The molecule has 1 fully saturated rings. The van der Waals surface area contributed by atoms with Gasteiger partial charge in [0.2, 0.25) is 0 Å². The van der Waals surface area contributed by atoms with Crippen LogP contribution in [0.2, 0.25) is 5.02 Å². The highest BCUT2D eigenvalue weighted by Crippen LogP contribution is 2.34. The van der Waals surface area contributed by atoms with Crippen LogP contribution >= 0.6 is 11.6 Å². The van der Waals surface area contributed by atoms with Crippen LogP contribution in [0.4, 0.5) is 0 Å². The third kappa shape index (κ3) is 3.57. The summed E-state index contributed by atoms with van der Waals surface area (Å²) < 4.78 is 2.17. The van der Waals surface area contributed by atoms with Crippen molar-refractivity contribution in [2.75, 3.05) is 6.54 Å². The Bertz CT molecular complexity index is 979. The van der Waals surface area contributed by atoms with Crippen LogP contribution in [0.5, 0.6) is 0 Å². The third-order valence-electron chi connectivity index (χ3n) is 5.62. The van der Waals surface area contributed by atoms with Crippen molar-refractivity contribution in [3.63, 3.8) is 0 Å². The van der Waals surface area contributed by atoms with Gasteiger partial charge in [-0.15, -0.1) is 0 Å². The number of pyridine rings is 1. The first-order valence-electron chi connectivity index (χ1n) is 9.67. The number of aryl methyl sites for hydroxylation is 1. The molecule has 1 atom stereocenters. The minimum absolute atomic E-state index is 0.109. The van der Waals surface area contributed by atoms with Crippen LogP contribution in [0.3, 0.4) is 0 Å². The van der Waals surface area contributed by atoms with Crippen LogP contribution in [0.25, 0.3) is 0 Å². The molecule has 1 aromatic carbocycles. The lowest BCUT2D eigenvalue weighted by Gasteiger charge is -2.25. The molecule has 28 heavy (non-hydrogen) atoms. The fraction of sp³-hybridized carbons (Fsp3) is 0.304. The highest BCUT2D eigenvalue weighted by atomic mass is 35.5. The predicted octanol–water partition coefficient (Wildman–Crippen LogP) is 5.18. The zero-order valence-corrected chi connectivity index (χ0v) is 17.0. The van der Waals surface area contributed by atoms with Crippen LogP contribution in [-0.2, 0) is 6.54 Å². The first kappa shape index (κ1) is 18.8. The zero-order valence-electron chi connectivity index (χ0n) is 16.2. The molecule has 0 radical (unpaired) electrons. The maximum Gasteiger partial charge on any atom is 0.256 e. The van der Waals surface area contributed by atoms with Gasteiger partial charge in [0.05, 0.1) is 23.8 Å². The summed E-state index contributed by atoms with van der Waals surface area (Å²) in [7, 11) is 0. The lowest BCUT2D eigenvalue weighted by molar-refractivity contribution is 0.0735. The molecule has 1 saturated heterocycles. The molecule has 2 aromatic heterocycles. The van der Waals surface area contributed by atoms with E-state index in [2.05, 4.69) is 9.55 Å². The fourth-order valence-corrected chi connectivity index (χ4v) is 4.24. The van der Waals surface area contributed by atoms with Gasteiger partial charge in [0, 0.05) is 29.2 Å². The predicted molar refractivity (Wildman–Crippen MR) is 112 cm³/mol. The summed E-state index contributed by atoms with van der Waals surface area (Å²) in [6.45, 7) is 5.53. The van der Waals surface area contributed by atoms with E-state index in [1.807, 2.05) is 67.3 Å². The number of carbonyl (C=O) groups excluding carboxylic acids is 1. The van der Waals surface area contributed by atoms with Gasteiger partial charge in [0.15, 0.2) is 0 Å². The number of hydrogen-bond donors (Lipinski definition) is 0. The van der Waals surface area contributed by atoms with Crippen LogP contribution in [-0.4, -0.2) is 26.9 Å². The minimum atomic E-state index is 0.109. The Morgan fingerprint density at radius 1 is 1.18 bits per heavy atom. The van der Waals surface area contributed by atoms with E-state index in [-0.39, 0.29) is 11.9 Å². The number of nitrogens with zero attached hydrogens (tertiary/aromatic N) is 3. The lowest BCUT2D eigenvalue weighted by atomic mass is 10.0. The van der Waals surface area contributed by atoms with E-state index in [0.29, 0.717) is 6.54 Å². The van der Waals surface area contributed by atoms with E-state index in [9.17, 15) is 4.79 Å². The highest BCUT2D eigenvalue weighted by Gasteiger charge is 2.32. The van der Waals surface area contributed by atoms with Crippen molar-refractivity contribution in [1.29, 1.82) is 0 Å². The van der Waals surface area contributed by atoms with Gasteiger partial charge in [-0.3, -0.25) is 9.78 Å². The molecular weight excluding hydrogens is 370 g/mol. The van der Waals surface area contributed by atoms with Gasteiger partial charge < -0.3 is 9.47 Å². The maximum absolute atomic E-state index is 13.4. The molecule has 0 aliphatic carbocycles. The van der Waals surface area contributed by atoms with Crippen LogP contribution in [0, 0.1) is 13.8 Å². The SMILES string of the molecule is Cc1cc(C(=O)N2CCCC2c2ccc(Cl)cc2)c(C)n1Cc1ccccn1. The van der Waals surface area contributed by atoms with E-state index >= 15 is 0 Å². The second-order valence-corrected chi connectivity index (χ2v) is 7.84. The zero-order chi connectivity index (χ0) is 19.7. The van der Waals surface area contributed by atoms with Gasteiger partial charge in [0.1, 0.15) is 0 Å². The van der Waals surface area contributed by atoms with Crippen LogP contribution < -0.4 is 0 Å². The standard InChI is InChI=1S/C23H24ClN3O/c1-16-14-21(17(2)27(16)15-20-6-3-4-12-25-20)23(28)26-13-5-7-22(26)18-8-10-19(24)11-9-18/h3-4,6,8-12,14,22H,5,7,13,15H2,1-2H3. The van der Waals surface area contributed by atoms with E-state index in [1.165, 1.54) is 0 Å². The van der Waals surface area contributed by atoms with Crippen molar-refractivity contribution in [3.05, 3.63) is 88.0 Å². The number of amides is 1. The third-order valence-corrected chi connectivity index (χ3v) is 5.87. The summed E-state index contributed by atoms with van der Waals surface area (Å²) in [5.41, 5.74) is 5.00. The van der Waals surface area contributed by atoms with Gasteiger partial charge in [-0.25, -0.2) is 0 Å². The number of halogens is 1. The van der Waals surface area contributed by atoms with Gasteiger partial charge >= 0.3 is 0 Å². The summed E-state index contributed by atoms with van der Waals surface area (Å²) in [5, 5.41) is 0.720. The Hall–Kier alpha value is -2.59. The molecule has 1 aliphatic heterocycles. The minimum Gasteiger partial charge on any atom is -0.342 e. The molecule has 0 bridgehead atoms. The van der Waals surface area contributed by atoms with Gasteiger partial charge in [-0.1, -0.05) is 29.8 Å². The molecule has 3 aromatic rings. The Morgan fingerprint density at radius 3 is 2.68 bits per heavy atom. The van der Waals surface area contributed by atoms with Gasteiger partial charge in [-0.2, -0.15) is 0 Å². The molecule has 144 valence electrons. The number of aromatic nitrogens is 2. The summed E-state index contributed by atoms with van der Waals surface area (Å²) in [5.74, 6) is 0.109. The summed E-state index contributed by atoms with van der Waals surface area (Å²) in [6.07, 6.45) is 3.81. The van der Waals surface area contributed by atoms with E-state index in [0.717, 1.165) is 52.6 Å². The fourth-order valence-electron chi connectivity index (χ4n) is 4.11. The first-order valence-corrected chi connectivity index (χ1v) is 10.1. The van der Waals surface area contributed by atoms with Crippen LogP contribution in [0.1, 0.15) is 51.9 Å². The smallest absolute Gasteiger partial charge is 0.256 e. The molecule has 3 heterocycles. The van der Waals surface area contributed by atoms with Crippen molar-refractivity contribution < 1.29 is 4.79 Å². The van der Waals surface area contributed by atoms with Gasteiger partial charge in [0.25, 0.3) is 5.91 Å². The van der Waals surface area contributed by atoms with E-state index in [1.54, 1.807) is 6.20 Å². The Kier molecular flexibility index (Phi) is 5.23. The molecule has 4 nitrogen and oxygen atoms in total. The Balaban J connectivity index is 1.61. The van der Waals surface area contributed by atoms with Gasteiger partial charge in [-0.05, 0) is 62.6 Å². The van der Waals surface area contributed by atoms with Crippen molar-refractivity contribution in [3.8, 4) is 0 Å². The number of benzene rings is 1. The van der Waals surface area contributed by atoms with Crippen molar-refractivity contribution in [2.45, 2.75) is 39.3 Å². The molecule has 0 N–H and O–H groups in total. The number of rotatable bonds is 4. The van der Waals surface area contributed by atoms with Crippen molar-refractivity contribution >= 4 is 17.5 Å². The second kappa shape index (κ2) is 7.80. The van der Waals surface area contributed by atoms with Crippen molar-refractivity contribution in [2.24, 2.45) is 0 Å². The average molecular weight is 394 g/mol. The molecular formula is C23H24ClN3O. The number of carbonyl (C=O) groups is 1. The molecule has 5 heteroatoms. The largest absolute Gasteiger partial charge is 0.342 e. The monoisotopic (exact) mass is 393 g/mol. The Labute approximate surface area is 170 Å². The molecule has 0 spiro atoms. The normalized spacial score (nSPS) is 16.5. The average Bonchev–Trinajstić information content (AvgIpc) is 3.30. The molecule has 1 unspecified atom stereocenters. The highest BCUT2D eigenvalue weighted by molar-refractivity contribution is 6.30.